The van der Waals surface area contributed by atoms with Crippen molar-refractivity contribution < 1.29 is 14.3 Å². The summed E-state index contributed by atoms with van der Waals surface area (Å²) < 4.78 is 9.93. The molecule has 1 heterocycles. The van der Waals surface area contributed by atoms with E-state index in [0.29, 0.717) is 37.9 Å². The minimum absolute atomic E-state index is 0.241. The van der Waals surface area contributed by atoms with Crippen LogP contribution in [0.4, 0.5) is 5.95 Å². The summed E-state index contributed by atoms with van der Waals surface area (Å²) in [5, 5.41) is 0. The number of carbonyl (C=O) groups excluding carboxylic acids is 1. The highest BCUT2D eigenvalue weighted by Gasteiger charge is 2.11. The maximum Gasteiger partial charge on any atom is 0.307 e. The number of carbonyl (C=O) groups is 1. The predicted molar refractivity (Wildman–Crippen MR) is 67.7 cm³/mol. The van der Waals surface area contributed by atoms with Gasteiger partial charge in [-0.15, -0.1) is 0 Å². The number of hydrogen-bond acceptors (Lipinski definition) is 6. The summed E-state index contributed by atoms with van der Waals surface area (Å²) in [6.07, 6.45) is 1.96. The molecule has 0 aliphatic heterocycles. The number of ether oxygens (including phenoxy) is 2. The molecular weight excluding hydrogens is 234 g/mol. The Morgan fingerprint density at radius 1 is 1.44 bits per heavy atom. The maximum absolute atomic E-state index is 11.1. The van der Waals surface area contributed by atoms with Crippen LogP contribution in [0, 0.1) is 0 Å². The van der Waals surface area contributed by atoms with Crippen LogP contribution in [0.5, 0.6) is 5.88 Å². The second-order valence-electron chi connectivity index (χ2n) is 3.53. The van der Waals surface area contributed by atoms with Gasteiger partial charge in [0.1, 0.15) is 0 Å². The molecule has 0 aliphatic carbocycles. The zero-order valence-corrected chi connectivity index (χ0v) is 11.0. The average Bonchev–Trinajstić information content (AvgIpc) is 2.40. The summed E-state index contributed by atoms with van der Waals surface area (Å²) in [6.45, 7) is 5.68. The van der Waals surface area contributed by atoms with E-state index in [-0.39, 0.29) is 5.97 Å². The Labute approximate surface area is 107 Å². The van der Waals surface area contributed by atoms with Crippen molar-refractivity contribution in [3.8, 4) is 5.88 Å². The fourth-order valence-electron chi connectivity index (χ4n) is 1.44. The molecule has 100 valence electrons. The first-order valence-corrected chi connectivity index (χ1v) is 5.98. The molecule has 0 spiro atoms. The van der Waals surface area contributed by atoms with Gasteiger partial charge in [0.25, 0.3) is 0 Å². The summed E-state index contributed by atoms with van der Waals surface area (Å²) >= 11 is 0. The Morgan fingerprint density at radius 3 is 2.83 bits per heavy atom. The van der Waals surface area contributed by atoms with Gasteiger partial charge in [-0.3, -0.25) is 4.79 Å². The van der Waals surface area contributed by atoms with Crippen LogP contribution in [0.25, 0.3) is 0 Å². The van der Waals surface area contributed by atoms with Gasteiger partial charge in [-0.2, -0.15) is 4.98 Å². The van der Waals surface area contributed by atoms with Gasteiger partial charge in [-0.25, -0.2) is 4.98 Å². The lowest BCUT2D eigenvalue weighted by atomic mass is 10.4. The number of methoxy groups -OCH3 is 1. The van der Waals surface area contributed by atoms with Crippen molar-refractivity contribution in [2.75, 3.05) is 31.7 Å². The van der Waals surface area contributed by atoms with Gasteiger partial charge in [0.2, 0.25) is 11.8 Å². The molecule has 0 saturated heterocycles. The van der Waals surface area contributed by atoms with Crippen molar-refractivity contribution in [2.24, 2.45) is 0 Å². The van der Waals surface area contributed by atoms with Crippen LogP contribution in [-0.2, 0) is 9.53 Å². The van der Waals surface area contributed by atoms with Crippen molar-refractivity contribution in [3.63, 3.8) is 0 Å². The van der Waals surface area contributed by atoms with E-state index < -0.39 is 0 Å². The van der Waals surface area contributed by atoms with Gasteiger partial charge in [-0.1, -0.05) is 0 Å². The quantitative estimate of drug-likeness (QED) is 0.682. The molecule has 0 saturated carbocycles. The Kier molecular flexibility index (Phi) is 5.90. The van der Waals surface area contributed by atoms with Crippen molar-refractivity contribution in [3.05, 3.63) is 12.3 Å². The second kappa shape index (κ2) is 7.47. The summed E-state index contributed by atoms with van der Waals surface area (Å²) in [6, 6.07) is 1.71. The van der Waals surface area contributed by atoms with Gasteiger partial charge >= 0.3 is 5.97 Å². The van der Waals surface area contributed by atoms with Gasteiger partial charge in [0.05, 0.1) is 20.1 Å². The summed E-state index contributed by atoms with van der Waals surface area (Å²) in [4.78, 5) is 21.5. The lowest BCUT2D eigenvalue weighted by molar-refractivity contribution is -0.140. The lowest BCUT2D eigenvalue weighted by Crippen LogP contribution is -2.28. The highest BCUT2D eigenvalue weighted by molar-refractivity contribution is 5.69. The van der Waals surface area contributed by atoms with E-state index in [9.17, 15) is 4.79 Å². The van der Waals surface area contributed by atoms with E-state index in [1.54, 1.807) is 12.3 Å². The molecule has 1 rings (SSSR count). The third kappa shape index (κ3) is 4.20. The van der Waals surface area contributed by atoms with E-state index in [0.717, 1.165) is 0 Å². The highest BCUT2D eigenvalue weighted by atomic mass is 16.5. The van der Waals surface area contributed by atoms with Crippen LogP contribution >= 0.6 is 0 Å². The number of rotatable bonds is 7. The van der Waals surface area contributed by atoms with Gasteiger partial charge in [-0.05, 0) is 13.8 Å². The lowest BCUT2D eigenvalue weighted by Gasteiger charge is -2.20. The summed E-state index contributed by atoms with van der Waals surface area (Å²) in [5.41, 5.74) is 0. The van der Waals surface area contributed by atoms with Crippen molar-refractivity contribution in [2.45, 2.75) is 20.3 Å². The van der Waals surface area contributed by atoms with E-state index in [1.807, 2.05) is 18.7 Å². The average molecular weight is 253 g/mol. The van der Waals surface area contributed by atoms with Crippen LogP contribution in [0.2, 0.25) is 0 Å². The summed E-state index contributed by atoms with van der Waals surface area (Å²) in [5.74, 6) is 0.862. The number of anilines is 1. The molecule has 6 nitrogen and oxygen atoms in total. The minimum Gasteiger partial charge on any atom is -0.478 e. The van der Waals surface area contributed by atoms with E-state index in [1.165, 1.54) is 7.11 Å². The second-order valence-corrected chi connectivity index (χ2v) is 3.53. The molecule has 1 aromatic heterocycles. The van der Waals surface area contributed by atoms with Crippen LogP contribution in [0.1, 0.15) is 20.3 Å². The zero-order chi connectivity index (χ0) is 13.4. The van der Waals surface area contributed by atoms with Crippen LogP contribution in [0.15, 0.2) is 12.3 Å². The maximum atomic E-state index is 11.1. The fraction of sp³-hybridized carbons (Fsp3) is 0.583. The summed E-state index contributed by atoms with van der Waals surface area (Å²) in [7, 11) is 1.38. The molecule has 0 N–H and O–H groups in total. The molecule has 0 unspecified atom stereocenters. The van der Waals surface area contributed by atoms with Crippen molar-refractivity contribution in [1.29, 1.82) is 0 Å². The Bertz CT molecular complexity index is 385. The van der Waals surface area contributed by atoms with E-state index in [4.69, 9.17) is 4.74 Å². The Hall–Kier alpha value is -1.85. The van der Waals surface area contributed by atoms with Crippen molar-refractivity contribution in [1.82, 2.24) is 9.97 Å². The predicted octanol–water partition coefficient (Wildman–Crippen LogP) is 1.26. The largest absolute Gasteiger partial charge is 0.478 e. The zero-order valence-electron chi connectivity index (χ0n) is 11.0. The Balaban J connectivity index is 2.68. The molecule has 0 aliphatic rings. The monoisotopic (exact) mass is 253 g/mol. The Morgan fingerprint density at radius 2 is 2.22 bits per heavy atom. The third-order valence-electron chi connectivity index (χ3n) is 2.39. The molecular formula is C12H19N3O3. The van der Waals surface area contributed by atoms with Crippen molar-refractivity contribution >= 4 is 11.9 Å². The van der Waals surface area contributed by atoms with Crippen LogP contribution < -0.4 is 9.64 Å². The first kappa shape index (κ1) is 14.2. The van der Waals surface area contributed by atoms with Crippen LogP contribution in [0.3, 0.4) is 0 Å². The molecule has 0 bridgehead atoms. The number of nitrogens with zero attached hydrogens (tertiary/aromatic N) is 3. The number of hydrogen-bond donors (Lipinski definition) is 0. The SMILES string of the molecule is CCOc1ccnc(N(CC)CCC(=O)OC)n1. The number of aromatic nitrogens is 2. The molecule has 6 heteroatoms. The van der Waals surface area contributed by atoms with Gasteiger partial charge in [0, 0.05) is 25.4 Å². The first-order chi connectivity index (χ1) is 8.71. The van der Waals surface area contributed by atoms with Gasteiger partial charge < -0.3 is 14.4 Å². The molecule has 0 fully saturated rings. The highest BCUT2D eigenvalue weighted by Crippen LogP contribution is 2.12. The topological polar surface area (TPSA) is 64.5 Å². The van der Waals surface area contributed by atoms with Crippen LogP contribution in [-0.4, -0.2) is 42.7 Å². The molecule has 0 atom stereocenters. The molecule has 0 aromatic carbocycles. The molecule has 1 aromatic rings. The third-order valence-corrected chi connectivity index (χ3v) is 2.39. The molecule has 18 heavy (non-hydrogen) atoms. The first-order valence-electron chi connectivity index (χ1n) is 5.98. The normalized spacial score (nSPS) is 9.94. The molecule has 0 amide bonds. The molecule has 0 radical (unpaired) electrons. The smallest absolute Gasteiger partial charge is 0.307 e. The minimum atomic E-state index is -0.241. The fourth-order valence-corrected chi connectivity index (χ4v) is 1.44. The van der Waals surface area contributed by atoms with E-state index >= 15 is 0 Å². The van der Waals surface area contributed by atoms with E-state index in [2.05, 4.69) is 14.7 Å². The standard InChI is InChI=1S/C12H19N3O3/c1-4-15(9-7-11(16)17-3)12-13-8-6-10(14-12)18-5-2/h6,8H,4-5,7,9H2,1-3H3. The number of esters is 1. The van der Waals surface area contributed by atoms with Gasteiger partial charge in [0.15, 0.2) is 0 Å².